The summed E-state index contributed by atoms with van der Waals surface area (Å²) in [6.07, 6.45) is 1.48. The second kappa shape index (κ2) is 6.56. The van der Waals surface area contributed by atoms with E-state index < -0.39 is 5.97 Å². The maximum Gasteiger partial charge on any atom is 0.376 e. The molecule has 7 nitrogen and oxygen atoms in total. The van der Waals surface area contributed by atoms with Crippen LogP contribution in [0.4, 0.5) is 11.5 Å². The quantitative estimate of drug-likeness (QED) is 0.634. The number of hydrogen-bond acceptors (Lipinski definition) is 7. The molecule has 1 heterocycles. The topological polar surface area (TPSA) is 99.4 Å². The zero-order valence-electron chi connectivity index (χ0n) is 11.8. The molecule has 2 rings (SSSR count). The molecule has 0 spiro atoms. The van der Waals surface area contributed by atoms with Crippen LogP contribution in [0.5, 0.6) is 5.75 Å². The van der Waals surface area contributed by atoms with Crippen LogP contribution in [0.2, 0.25) is 0 Å². The molecule has 0 saturated carbocycles. The molecule has 0 aliphatic rings. The molecule has 0 radical (unpaired) electrons. The number of rotatable bonds is 5. The predicted octanol–water partition coefficient (Wildman–Crippen LogP) is 1.47. The molecular weight excluding hydrogens is 272 g/mol. The highest BCUT2D eigenvalue weighted by Gasteiger charge is 2.10. The van der Waals surface area contributed by atoms with Gasteiger partial charge >= 0.3 is 5.97 Å². The van der Waals surface area contributed by atoms with Crippen molar-refractivity contribution < 1.29 is 14.3 Å². The second-order valence-corrected chi connectivity index (χ2v) is 4.18. The van der Waals surface area contributed by atoms with Crippen molar-refractivity contribution in [1.82, 2.24) is 9.97 Å². The number of carbonyl (C=O) groups is 1. The van der Waals surface area contributed by atoms with Gasteiger partial charge in [0.1, 0.15) is 11.6 Å². The minimum Gasteiger partial charge on any atom is -0.496 e. The lowest BCUT2D eigenvalue weighted by molar-refractivity contribution is 0.0587. The molecule has 0 bridgehead atoms. The maximum absolute atomic E-state index is 11.4. The minimum atomic E-state index is -0.583. The van der Waals surface area contributed by atoms with Gasteiger partial charge < -0.3 is 20.5 Å². The predicted molar refractivity (Wildman–Crippen MR) is 78.1 cm³/mol. The normalized spacial score (nSPS) is 10.0. The summed E-state index contributed by atoms with van der Waals surface area (Å²) >= 11 is 0. The highest BCUT2D eigenvalue weighted by molar-refractivity contribution is 5.85. The molecule has 0 fully saturated rings. The Hall–Kier alpha value is -2.83. The van der Waals surface area contributed by atoms with E-state index in [9.17, 15) is 4.79 Å². The van der Waals surface area contributed by atoms with Gasteiger partial charge in [0.2, 0.25) is 5.82 Å². The number of nitrogens with one attached hydrogen (secondary N) is 1. The molecule has 7 heteroatoms. The number of carbonyl (C=O) groups excluding carboxylic acids is 1. The smallest absolute Gasteiger partial charge is 0.376 e. The SMILES string of the molecule is COC(=O)c1nccc(NCc2cc(N)ccc2OC)n1. The van der Waals surface area contributed by atoms with E-state index in [0.29, 0.717) is 18.1 Å². The molecule has 0 aliphatic heterocycles. The van der Waals surface area contributed by atoms with Crippen LogP contribution < -0.4 is 15.8 Å². The van der Waals surface area contributed by atoms with Gasteiger partial charge in [0.25, 0.3) is 0 Å². The summed E-state index contributed by atoms with van der Waals surface area (Å²) in [6.45, 7) is 0.450. The second-order valence-electron chi connectivity index (χ2n) is 4.18. The average Bonchev–Trinajstić information content (AvgIpc) is 2.52. The van der Waals surface area contributed by atoms with Gasteiger partial charge in [-0.2, -0.15) is 0 Å². The minimum absolute atomic E-state index is 0.00189. The summed E-state index contributed by atoms with van der Waals surface area (Å²) in [5.74, 6) is 0.649. The summed E-state index contributed by atoms with van der Waals surface area (Å²) < 4.78 is 9.84. The first-order valence-corrected chi connectivity index (χ1v) is 6.21. The molecule has 2 aromatic rings. The summed E-state index contributed by atoms with van der Waals surface area (Å²) in [4.78, 5) is 19.3. The molecular formula is C14H16N4O3. The number of nitrogen functional groups attached to an aromatic ring is 1. The van der Waals surface area contributed by atoms with Gasteiger partial charge in [-0.25, -0.2) is 14.8 Å². The van der Waals surface area contributed by atoms with Crippen LogP contribution in [0.1, 0.15) is 16.2 Å². The van der Waals surface area contributed by atoms with Crippen molar-refractivity contribution in [2.45, 2.75) is 6.54 Å². The zero-order valence-corrected chi connectivity index (χ0v) is 11.8. The Kier molecular flexibility index (Phi) is 4.55. The molecule has 0 atom stereocenters. The van der Waals surface area contributed by atoms with Crippen molar-refractivity contribution in [3.05, 3.63) is 41.9 Å². The van der Waals surface area contributed by atoms with E-state index in [4.69, 9.17) is 10.5 Å². The van der Waals surface area contributed by atoms with Crippen LogP contribution in [0.25, 0.3) is 0 Å². The summed E-state index contributed by atoms with van der Waals surface area (Å²) in [6, 6.07) is 7.04. The Balaban J connectivity index is 2.13. The fourth-order valence-corrected chi connectivity index (χ4v) is 1.77. The number of ether oxygens (including phenoxy) is 2. The van der Waals surface area contributed by atoms with Crippen molar-refractivity contribution in [2.24, 2.45) is 0 Å². The standard InChI is InChI=1S/C14H16N4O3/c1-20-11-4-3-10(15)7-9(11)8-17-12-5-6-16-13(18-12)14(19)21-2/h3-7H,8,15H2,1-2H3,(H,16,17,18). The van der Waals surface area contributed by atoms with Crippen molar-refractivity contribution in [3.8, 4) is 5.75 Å². The molecule has 0 aliphatic carbocycles. The monoisotopic (exact) mass is 288 g/mol. The Bertz CT molecular complexity index is 646. The molecule has 1 aromatic heterocycles. The third kappa shape index (κ3) is 3.59. The van der Waals surface area contributed by atoms with Crippen molar-refractivity contribution in [1.29, 1.82) is 0 Å². The zero-order chi connectivity index (χ0) is 15.2. The molecule has 21 heavy (non-hydrogen) atoms. The van der Waals surface area contributed by atoms with Crippen molar-refractivity contribution in [2.75, 3.05) is 25.3 Å². The summed E-state index contributed by atoms with van der Waals surface area (Å²) in [7, 11) is 2.87. The van der Waals surface area contributed by atoms with E-state index in [1.54, 1.807) is 25.3 Å². The van der Waals surface area contributed by atoms with Gasteiger partial charge in [0.15, 0.2) is 0 Å². The van der Waals surface area contributed by atoms with Crippen LogP contribution in [0.3, 0.4) is 0 Å². The van der Waals surface area contributed by atoms with Gasteiger partial charge in [-0.05, 0) is 24.3 Å². The van der Waals surface area contributed by atoms with E-state index in [1.807, 2.05) is 6.07 Å². The van der Waals surface area contributed by atoms with Crippen LogP contribution >= 0.6 is 0 Å². The highest BCUT2D eigenvalue weighted by Crippen LogP contribution is 2.21. The number of benzene rings is 1. The van der Waals surface area contributed by atoms with Gasteiger partial charge in [-0.15, -0.1) is 0 Å². The number of hydrogen-bond donors (Lipinski definition) is 2. The van der Waals surface area contributed by atoms with Gasteiger partial charge in [-0.1, -0.05) is 0 Å². The number of methoxy groups -OCH3 is 2. The van der Waals surface area contributed by atoms with E-state index in [-0.39, 0.29) is 5.82 Å². The average molecular weight is 288 g/mol. The van der Waals surface area contributed by atoms with E-state index >= 15 is 0 Å². The van der Waals surface area contributed by atoms with Crippen LogP contribution in [0, 0.1) is 0 Å². The Labute approximate surface area is 122 Å². The van der Waals surface area contributed by atoms with E-state index in [0.717, 1.165) is 11.3 Å². The fraction of sp³-hybridized carbons (Fsp3) is 0.214. The summed E-state index contributed by atoms with van der Waals surface area (Å²) in [5.41, 5.74) is 7.29. The Morgan fingerprint density at radius 1 is 1.33 bits per heavy atom. The van der Waals surface area contributed by atoms with E-state index in [2.05, 4.69) is 20.0 Å². The molecule has 0 amide bonds. The van der Waals surface area contributed by atoms with Crippen LogP contribution in [-0.2, 0) is 11.3 Å². The molecule has 3 N–H and O–H groups in total. The fourth-order valence-electron chi connectivity index (χ4n) is 1.77. The maximum atomic E-state index is 11.4. The van der Waals surface area contributed by atoms with Crippen molar-refractivity contribution >= 4 is 17.5 Å². The molecule has 0 unspecified atom stereocenters. The number of esters is 1. The van der Waals surface area contributed by atoms with Crippen LogP contribution in [-0.4, -0.2) is 30.2 Å². The summed E-state index contributed by atoms with van der Waals surface area (Å²) in [5, 5.41) is 3.09. The number of aromatic nitrogens is 2. The molecule has 110 valence electrons. The third-order valence-electron chi connectivity index (χ3n) is 2.79. The lowest BCUT2D eigenvalue weighted by Gasteiger charge is -2.11. The Morgan fingerprint density at radius 2 is 2.14 bits per heavy atom. The van der Waals surface area contributed by atoms with Gasteiger partial charge in [0.05, 0.1) is 14.2 Å². The number of nitrogens with zero attached hydrogens (tertiary/aromatic N) is 2. The lowest BCUT2D eigenvalue weighted by Crippen LogP contribution is -2.10. The highest BCUT2D eigenvalue weighted by atomic mass is 16.5. The Morgan fingerprint density at radius 3 is 2.86 bits per heavy atom. The largest absolute Gasteiger partial charge is 0.496 e. The molecule has 0 saturated heterocycles. The lowest BCUT2D eigenvalue weighted by atomic mass is 10.2. The first kappa shape index (κ1) is 14.6. The third-order valence-corrected chi connectivity index (χ3v) is 2.79. The first-order chi connectivity index (χ1) is 10.1. The van der Waals surface area contributed by atoms with Gasteiger partial charge in [0, 0.05) is 24.0 Å². The van der Waals surface area contributed by atoms with Gasteiger partial charge in [-0.3, -0.25) is 0 Å². The molecule has 1 aromatic carbocycles. The van der Waals surface area contributed by atoms with Crippen LogP contribution in [0.15, 0.2) is 30.5 Å². The van der Waals surface area contributed by atoms with E-state index in [1.165, 1.54) is 13.3 Å². The first-order valence-electron chi connectivity index (χ1n) is 6.21. The number of anilines is 2. The number of nitrogens with two attached hydrogens (primary N) is 1. The van der Waals surface area contributed by atoms with Crippen molar-refractivity contribution in [3.63, 3.8) is 0 Å².